The van der Waals surface area contributed by atoms with Gasteiger partial charge in [-0.15, -0.1) is 0 Å². The van der Waals surface area contributed by atoms with Crippen molar-refractivity contribution in [3.8, 4) is 0 Å². The average Bonchev–Trinajstić information content (AvgIpc) is 2.57. The van der Waals surface area contributed by atoms with Crippen LogP contribution in [0.2, 0.25) is 0 Å². The van der Waals surface area contributed by atoms with E-state index in [9.17, 15) is 19.2 Å². The molecule has 0 aliphatic heterocycles. The summed E-state index contributed by atoms with van der Waals surface area (Å²) in [5, 5.41) is 6.53. The number of carbonyl (C=O) groups is 4. The largest absolute Gasteiger partial charge is 0.454 e. The van der Waals surface area contributed by atoms with Crippen molar-refractivity contribution in [1.29, 1.82) is 0 Å². The lowest BCUT2D eigenvalue weighted by atomic mass is 9.87. The second-order valence-corrected chi connectivity index (χ2v) is 6.30. The molecule has 8 heteroatoms. The van der Waals surface area contributed by atoms with Gasteiger partial charge in [-0.05, 0) is 23.1 Å². The van der Waals surface area contributed by atoms with Crippen LogP contribution in [0.15, 0.2) is 24.3 Å². The van der Waals surface area contributed by atoms with Crippen LogP contribution in [0.5, 0.6) is 0 Å². The zero-order valence-electron chi connectivity index (χ0n) is 14.8. The fourth-order valence-electron chi connectivity index (χ4n) is 1.80. The Morgan fingerprint density at radius 1 is 1.04 bits per heavy atom. The van der Waals surface area contributed by atoms with Gasteiger partial charge < -0.3 is 15.4 Å². The van der Waals surface area contributed by atoms with E-state index in [2.05, 4.69) is 36.1 Å². The van der Waals surface area contributed by atoms with Gasteiger partial charge in [0, 0.05) is 12.6 Å². The lowest BCUT2D eigenvalue weighted by Crippen LogP contribution is -2.40. The van der Waals surface area contributed by atoms with Gasteiger partial charge in [-0.25, -0.2) is 4.79 Å². The highest BCUT2D eigenvalue weighted by Crippen LogP contribution is 2.22. The second-order valence-electron chi connectivity index (χ2n) is 6.30. The smallest absolute Gasteiger partial charge is 0.325 e. The number of hydrogen-bond acceptors (Lipinski definition) is 5. The van der Waals surface area contributed by atoms with Gasteiger partial charge in [0.2, 0.25) is 0 Å². The van der Waals surface area contributed by atoms with E-state index in [4.69, 9.17) is 0 Å². The number of esters is 1. The maximum atomic E-state index is 12.0. The highest BCUT2D eigenvalue weighted by atomic mass is 16.5. The zero-order chi connectivity index (χ0) is 19.0. The molecule has 0 fully saturated rings. The summed E-state index contributed by atoms with van der Waals surface area (Å²) in [5.74, 6) is -1.98. The van der Waals surface area contributed by atoms with Gasteiger partial charge in [-0.1, -0.05) is 32.9 Å². The molecular formula is C17H23N3O5. The van der Waals surface area contributed by atoms with E-state index in [1.54, 1.807) is 12.1 Å². The Kier molecular flexibility index (Phi) is 7.10. The van der Waals surface area contributed by atoms with Gasteiger partial charge in [0.25, 0.3) is 11.8 Å². The Bertz CT molecular complexity index is 647. The fraction of sp³-hybridized carbons (Fsp3) is 0.412. The van der Waals surface area contributed by atoms with Gasteiger partial charge in [0.15, 0.2) is 6.61 Å². The number of imide groups is 1. The van der Waals surface area contributed by atoms with Crippen LogP contribution in [-0.4, -0.2) is 44.0 Å². The maximum absolute atomic E-state index is 12.0. The van der Waals surface area contributed by atoms with Crippen LogP contribution in [0.1, 0.15) is 36.7 Å². The molecule has 8 nitrogen and oxygen atoms in total. The topological polar surface area (TPSA) is 114 Å². The van der Waals surface area contributed by atoms with E-state index < -0.39 is 30.4 Å². The summed E-state index contributed by atoms with van der Waals surface area (Å²) < 4.78 is 4.65. The molecule has 1 aromatic rings. The molecule has 0 atom stereocenters. The Morgan fingerprint density at radius 2 is 1.64 bits per heavy atom. The summed E-state index contributed by atoms with van der Waals surface area (Å²) in [4.78, 5) is 45.6. The summed E-state index contributed by atoms with van der Waals surface area (Å²) in [5.41, 5.74) is 1.48. The van der Waals surface area contributed by atoms with Crippen molar-refractivity contribution in [3.05, 3.63) is 35.4 Å². The van der Waals surface area contributed by atoms with E-state index in [1.807, 2.05) is 17.4 Å². The van der Waals surface area contributed by atoms with Crippen LogP contribution in [0.4, 0.5) is 4.79 Å². The second kappa shape index (κ2) is 8.81. The molecule has 1 aromatic carbocycles. The lowest BCUT2D eigenvalue weighted by molar-refractivity contribution is -0.147. The first kappa shape index (κ1) is 20.1. The van der Waals surface area contributed by atoms with Gasteiger partial charge in [-0.2, -0.15) is 0 Å². The molecule has 0 aliphatic rings. The zero-order valence-corrected chi connectivity index (χ0v) is 14.8. The van der Waals surface area contributed by atoms with Gasteiger partial charge in [-0.3, -0.25) is 19.7 Å². The molecule has 0 saturated heterocycles. The molecule has 0 spiro atoms. The Labute approximate surface area is 146 Å². The molecule has 0 radical (unpaired) electrons. The van der Waals surface area contributed by atoms with E-state index in [0.29, 0.717) is 5.56 Å². The normalized spacial score (nSPS) is 10.6. The standard InChI is InChI=1S/C17H23N3O5/c1-17(2,3)12-7-5-11(6-8-12)15(23)19-9-14(22)25-10-13(21)20-16(24)18-4/h5-8H,9-10H2,1-4H3,(H,19,23)(H2,18,20,21,24). The molecule has 0 heterocycles. The third-order valence-corrected chi connectivity index (χ3v) is 3.25. The molecular weight excluding hydrogens is 326 g/mol. The number of ether oxygens (including phenoxy) is 1. The molecule has 3 N–H and O–H groups in total. The molecule has 1 rings (SSSR count). The first-order chi connectivity index (χ1) is 11.6. The van der Waals surface area contributed by atoms with Crippen LogP contribution >= 0.6 is 0 Å². The Hall–Kier alpha value is -2.90. The Morgan fingerprint density at radius 3 is 2.16 bits per heavy atom. The number of carbonyl (C=O) groups excluding carboxylic acids is 4. The number of amides is 4. The molecule has 0 saturated carbocycles. The minimum absolute atomic E-state index is 0.0198. The van der Waals surface area contributed by atoms with Crippen molar-refractivity contribution in [1.82, 2.24) is 16.0 Å². The van der Waals surface area contributed by atoms with Crippen LogP contribution < -0.4 is 16.0 Å². The maximum Gasteiger partial charge on any atom is 0.325 e. The van der Waals surface area contributed by atoms with E-state index >= 15 is 0 Å². The van der Waals surface area contributed by atoms with Crippen molar-refractivity contribution in [3.63, 3.8) is 0 Å². The van der Waals surface area contributed by atoms with Crippen molar-refractivity contribution in [2.24, 2.45) is 0 Å². The minimum Gasteiger partial charge on any atom is -0.454 e. The van der Waals surface area contributed by atoms with Gasteiger partial charge in [0.05, 0.1) is 0 Å². The third kappa shape index (κ3) is 7.03. The van der Waals surface area contributed by atoms with Crippen LogP contribution in [0, 0.1) is 0 Å². The highest BCUT2D eigenvalue weighted by Gasteiger charge is 2.15. The highest BCUT2D eigenvalue weighted by molar-refractivity contribution is 5.97. The SMILES string of the molecule is CNC(=O)NC(=O)COC(=O)CNC(=O)c1ccc(C(C)(C)C)cc1. The first-order valence-electron chi connectivity index (χ1n) is 7.69. The number of hydrogen-bond donors (Lipinski definition) is 3. The number of benzene rings is 1. The van der Waals surface area contributed by atoms with E-state index in [-0.39, 0.29) is 12.0 Å². The number of nitrogens with one attached hydrogen (secondary N) is 3. The number of urea groups is 1. The summed E-state index contributed by atoms with van der Waals surface area (Å²) in [6, 6.07) is 6.37. The summed E-state index contributed by atoms with van der Waals surface area (Å²) >= 11 is 0. The van der Waals surface area contributed by atoms with Gasteiger partial charge >= 0.3 is 12.0 Å². The van der Waals surface area contributed by atoms with Crippen molar-refractivity contribution in [2.45, 2.75) is 26.2 Å². The van der Waals surface area contributed by atoms with Crippen molar-refractivity contribution >= 4 is 23.8 Å². The monoisotopic (exact) mass is 349 g/mol. The van der Waals surface area contributed by atoms with Crippen LogP contribution in [0.25, 0.3) is 0 Å². The Balaban J connectivity index is 2.42. The first-order valence-corrected chi connectivity index (χ1v) is 7.69. The fourth-order valence-corrected chi connectivity index (χ4v) is 1.80. The molecule has 4 amide bonds. The van der Waals surface area contributed by atoms with E-state index in [0.717, 1.165) is 5.56 Å². The molecule has 0 aliphatic carbocycles. The third-order valence-electron chi connectivity index (χ3n) is 3.25. The predicted octanol–water partition coefficient (Wildman–Crippen LogP) is 0.713. The quantitative estimate of drug-likeness (QED) is 0.678. The lowest BCUT2D eigenvalue weighted by Gasteiger charge is -2.19. The molecule has 0 unspecified atom stereocenters. The van der Waals surface area contributed by atoms with Crippen LogP contribution in [0.3, 0.4) is 0 Å². The molecule has 136 valence electrons. The van der Waals surface area contributed by atoms with E-state index in [1.165, 1.54) is 7.05 Å². The molecule has 0 bridgehead atoms. The molecule has 0 aromatic heterocycles. The average molecular weight is 349 g/mol. The predicted molar refractivity (Wildman–Crippen MR) is 91.0 cm³/mol. The van der Waals surface area contributed by atoms with Crippen molar-refractivity contribution < 1.29 is 23.9 Å². The minimum atomic E-state index is -0.785. The number of rotatable bonds is 5. The van der Waals surface area contributed by atoms with Crippen molar-refractivity contribution in [2.75, 3.05) is 20.2 Å². The summed E-state index contributed by atoms with van der Waals surface area (Å²) in [6.07, 6.45) is 0. The van der Waals surface area contributed by atoms with Gasteiger partial charge in [0.1, 0.15) is 6.54 Å². The summed E-state index contributed by atoms with van der Waals surface area (Å²) in [7, 11) is 1.35. The summed E-state index contributed by atoms with van der Waals surface area (Å²) in [6.45, 7) is 5.21. The van der Waals surface area contributed by atoms with Crippen LogP contribution in [-0.2, 0) is 19.7 Å². The molecule has 25 heavy (non-hydrogen) atoms.